The third-order valence-electron chi connectivity index (χ3n) is 5.24. The van der Waals surface area contributed by atoms with Gasteiger partial charge in [-0.2, -0.15) is 0 Å². The van der Waals surface area contributed by atoms with Gasteiger partial charge in [0.25, 0.3) is 5.91 Å². The van der Waals surface area contributed by atoms with Crippen molar-refractivity contribution < 1.29 is 14.3 Å². The number of amides is 1. The number of methoxy groups -OCH3 is 2. The normalized spacial score (nSPS) is 11.7. The van der Waals surface area contributed by atoms with E-state index in [-0.39, 0.29) is 11.3 Å². The Morgan fingerprint density at radius 2 is 1.72 bits per heavy atom. The van der Waals surface area contributed by atoms with E-state index in [0.717, 1.165) is 5.56 Å². The fraction of sp³-hybridized carbons (Fsp3) is 0.120. The summed E-state index contributed by atoms with van der Waals surface area (Å²) in [6.07, 6.45) is 1.62. The predicted octanol–water partition coefficient (Wildman–Crippen LogP) is 4.72. The number of fused-ring (bicyclic) bond motifs is 1. The van der Waals surface area contributed by atoms with Crippen LogP contribution < -0.4 is 20.2 Å². The van der Waals surface area contributed by atoms with Crippen LogP contribution in [-0.2, 0) is 0 Å². The van der Waals surface area contributed by atoms with Gasteiger partial charge >= 0.3 is 0 Å². The third-order valence-corrected chi connectivity index (χ3v) is 5.47. The van der Waals surface area contributed by atoms with Gasteiger partial charge in [0.2, 0.25) is 0 Å². The van der Waals surface area contributed by atoms with Crippen molar-refractivity contribution in [2.75, 3.05) is 14.2 Å². The number of aromatic nitrogens is 1. The van der Waals surface area contributed by atoms with E-state index in [1.165, 1.54) is 14.2 Å². The minimum atomic E-state index is -0.666. The van der Waals surface area contributed by atoms with Crippen molar-refractivity contribution in [2.45, 2.75) is 6.04 Å². The SMILES string of the molecule is COc1ccc(C(=O)NC(c2ccccc2)c2c[nH]c3cc(Cl)ccc3c2=O)cc1OC. The second kappa shape index (κ2) is 9.16. The number of ether oxygens (including phenoxy) is 2. The second-order valence-electron chi connectivity index (χ2n) is 7.15. The molecule has 0 fully saturated rings. The Morgan fingerprint density at radius 1 is 0.969 bits per heavy atom. The van der Waals surface area contributed by atoms with Crippen molar-refractivity contribution in [2.24, 2.45) is 0 Å². The van der Waals surface area contributed by atoms with Gasteiger partial charge in [0, 0.05) is 27.7 Å². The highest BCUT2D eigenvalue weighted by molar-refractivity contribution is 6.31. The molecule has 32 heavy (non-hydrogen) atoms. The number of pyridine rings is 1. The molecule has 4 rings (SSSR count). The van der Waals surface area contributed by atoms with Crippen molar-refractivity contribution in [3.63, 3.8) is 0 Å². The molecule has 0 radical (unpaired) electrons. The molecular formula is C25H21ClN2O4. The first-order valence-electron chi connectivity index (χ1n) is 9.90. The molecule has 162 valence electrons. The van der Waals surface area contributed by atoms with Crippen LogP contribution >= 0.6 is 11.6 Å². The molecule has 4 aromatic rings. The highest BCUT2D eigenvalue weighted by Gasteiger charge is 2.22. The Labute approximate surface area is 189 Å². The molecular weight excluding hydrogens is 428 g/mol. The number of hydrogen-bond acceptors (Lipinski definition) is 4. The third kappa shape index (κ3) is 4.18. The first-order valence-corrected chi connectivity index (χ1v) is 10.3. The summed E-state index contributed by atoms with van der Waals surface area (Å²) in [5, 5.41) is 4.01. The van der Waals surface area contributed by atoms with Crippen molar-refractivity contribution in [1.82, 2.24) is 10.3 Å². The van der Waals surface area contributed by atoms with Gasteiger partial charge in [0.1, 0.15) is 0 Å². The first-order chi connectivity index (χ1) is 15.5. The Morgan fingerprint density at radius 3 is 2.44 bits per heavy atom. The van der Waals surface area contributed by atoms with Crippen LogP contribution in [0.25, 0.3) is 10.9 Å². The minimum absolute atomic E-state index is 0.183. The van der Waals surface area contributed by atoms with E-state index < -0.39 is 6.04 Å². The number of nitrogens with one attached hydrogen (secondary N) is 2. The number of carbonyl (C=O) groups excluding carboxylic acids is 1. The molecule has 0 saturated heterocycles. The van der Waals surface area contributed by atoms with Gasteiger partial charge in [0.05, 0.1) is 25.8 Å². The molecule has 1 heterocycles. The van der Waals surface area contributed by atoms with Crippen LogP contribution in [0.15, 0.2) is 77.7 Å². The van der Waals surface area contributed by atoms with Crippen molar-refractivity contribution in [1.29, 1.82) is 0 Å². The van der Waals surface area contributed by atoms with Crippen LogP contribution in [0.3, 0.4) is 0 Å². The zero-order valence-electron chi connectivity index (χ0n) is 17.5. The molecule has 7 heteroatoms. The molecule has 0 aliphatic heterocycles. The van der Waals surface area contributed by atoms with Crippen LogP contribution in [0.2, 0.25) is 5.02 Å². The average Bonchev–Trinajstić information content (AvgIpc) is 2.83. The molecule has 0 aliphatic rings. The molecule has 1 atom stereocenters. The predicted molar refractivity (Wildman–Crippen MR) is 125 cm³/mol. The fourth-order valence-electron chi connectivity index (χ4n) is 3.60. The van der Waals surface area contributed by atoms with E-state index in [1.54, 1.807) is 42.6 Å². The van der Waals surface area contributed by atoms with E-state index in [4.69, 9.17) is 21.1 Å². The van der Waals surface area contributed by atoms with Crippen molar-refractivity contribution >= 4 is 28.4 Å². The number of H-pyrrole nitrogens is 1. The Kier molecular flexibility index (Phi) is 6.14. The summed E-state index contributed by atoms with van der Waals surface area (Å²) in [6.45, 7) is 0. The maximum atomic E-state index is 13.3. The number of rotatable bonds is 6. The average molecular weight is 449 g/mol. The summed E-state index contributed by atoms with van der Waals surface area (Å²) >= 11 is 6.05. The molecule has 0 spiro atoms. The Hall–Kier alpha value is -3.77. The van der Waals surface area contributed by atoms with Crippen molar-refractivity contribution in [3.05, 3.63) is 105 Å². The summed E-state index contributed by atoms with van der Waals surface area (Å²) in [7, 11) is 3.04. The summed E-state index contributed by atoms with van der Waals surface area (Å²) in [5.74, 6) is 0.612. The lowest BCUT2D eigenvalue weighted by atomic mass is 9.97. The van der Waals surface area contributed by atoms with Gasteiger partial charge < -0.3 is 19.8 Å². The molecule has 0 bridgehead atoms. The minimum Gasteiger partial charge on any atom is -0.493 e. The van der Waals surface area contributed by atoms with Gasteiger partial charge in [-0.3, -0.25) is 9.59 Å². The molecule has 0 saturated carbocycles. The molecule has 3 aromatic carbocycles. The summed E-state index contributed by atoms with van der Waals surface area (Å²) < 4.78 is 10.6. The number of aromatic amines is 1. The lowest BCUT2D eigenvalue weighted by molar-refractivity contribution is 0.0942. The monoisotopic (exact) mass is 448 g/mol. The Bertz CT molecular complexity index is 1340. The van der Waals surface area contributed by atoms with Crippen LogP contribution in [0.1, 0.15) is 27.5 Å². The van der Waals surface area contributed by atoms with E-state index in [9.17, 15) is 9.59 Å². The molecule has 1 unspecified atom stereocenters. The van der Waals surface area contributed by atoms with Crippen LogP contribution in [0, 0.1) is 0 Å². The number of hydrogen-bond donors (Lipinski definition) is 2. The maximum absolute atomic E-state index is 13.3. The molecule has 1 amide bonds. The topological polar surface area (TPSA) is 80.4 Å². The molecule has 6 nitrogen and oxygen atoms in total. The first kappa shape index (κ1) is 21.5. The zero-order chi connectivity index (χ0) is 22.7. The zero-order valence-corrected chi connectivity index (χ0v) is 18.3. The lowest BCUT2D eigenvalue weighted by Crippen LogP contribution is -2.32. The fourth-order valence-corrected chi connectivity index (χ4v) is 3.77. The van der Waals surface area contributed by atoms with Crippen LogP contribution in [-0.4, -0.2) is 25.1 Å². The summed E-state index contributed by atoms with van der Waals surface area (Å²) in [5.41, 5.74) is 2.02. The van der Waals surface area contributed by atoms with Gasteiger partial charge in [-0.05, 0) is 42.0 Å². The van der Waals surface area contributed by atoms with Gasteiger partial charge in [-0.1, -0.05) is 41.9 Å². The summed E-state index contributed by atoms with van der Waals surface area (Å²) in [6, 6.07) is 18.6. The van der Waals surface area contributed by atoms with Crippen LogP contribution in [0.4, 0.5) is 0 Å². The van der Waals surface area contributed by atoms with E-state index in [2.05, 4.69) is 10.3 Å². The summed E-state index contributed by atoms with van der Waals surface area (Å²) in [4.78, 5) is 29.6. The van der Waals surface area contributed by atoms with E-state index in [0.29, 0.717) is 38.6 Å². The Balaban J connectivity index is 1.77. The van der Waals surface area contributed by atoms with Crippen LogP contribution in [0.5, 0.6) is 11.5 Å². The quantitative estimate of drug-likeness (QED) is 0.447. The number of halogens is 1. The smallest absolute Gasteiger partial charge is 0.252 e. The van der Waals surface area contributed by atoms with E-state index in [1.807, 2.05) is 30.3 Å². The second-order valence-corrected chi connectivity index (χ2v) is 7.59. The number of carbonyl (C=O) groups is 1. The van der Waals surface area contributed by atoms with Gasteiger partial charge in [0.15, 0.2) is 16.9 Å². The highest BCUT2D eigenvalue weighted by atomic mass is 35.5. The standard InChI is InChI=1S/C25H21ClN2O4/c1-31-21-11-8-16(12-22(21)32-2)25(30)28-23(15-6-4-3-5-7-15)19-14-27-20-13-17(26)9-10-18(20)24(19)29/h3-14,23H,1-2H3,(H,27,29)(H,28,30). The lowest BCUT2D eigenvalue weighted by Gasteiger charge is -2.20. The van der Waals surface area contributed by atoms with Gasteiger partial charge in [-0.25, -0.2) is 0 Å². The highest BCUT2D eigenvalue weighted by Crippen LogP contribution is 2.28. The maximum Gasteiger partial charge on any atom is 0.252 e. The number of benzene rings is 3. The van der Waals surface area contributed by atoms with Crippen molar-refractivity contribution in [3.8, 4) is 11.5 Å². The van der Waals surface area contributed by atoms with E-state index >= 15 is 0 Å². The van der Waals surface area contributed by atoms with Gasteiger partial charge in [-0.15, -0.1) is 0 Å². The molecule has 1 aromatic heterocycles. The largest absolute Gasteiger partial charge is 0.493 e. The molecule has 0 aliphatic carbocycles. The molecule has 2 N–H and O–H groups in total.